The molecule has 1 unspecified atom stereocenters. The Bertz CT molecular complexity index is 686. The Morgan fingerprint density at radius 3 is 2.92 bits per heavy atom. The largest absolute Gasteiger partial charge is 0.454 e. The van der Waals surface area contributed by atoms with Crippen LogP contribution in [-0.2, 0) is 6.42 Å². The third-order valence-electron chi connectivity index (χ3n) is 4.05. The molecule has 5 nitrogen and oxygen atoms in total. The Morgan fingerprint density at radius 2 is 2.12 bits per heavy atom. The summed E-state index contributed by atoms with van der Waals surface area (Å²) in [4.78, 5) is 4.28. The van der Waals surface area contributed by atoms with E-state index in [1.165, 1.54) is 11.1 Å². The number of fused-ring (bicyclic) bond motifs is 1. The van der Waals surface area contributed by atoms with Crippen molar-refractivity contribution in [2.24, 2.45) is 4.99 Å². The van der Waals surface area contributed by atoms with Crippen LogP contribution in [0.25, 0.3) is 0 Å². The molecular formula is C18H23N3O2S. The molecule has 3 rings (SSSR count). The van der Waals surface area contributed by atoms with Gasteiger partial charge in [0.25, 0.3) is 0 Å². The third kappa shape index (κ3) is 4.20. The van der Waals surface area contributed by atoms with E-state index >= 15 is 0 Å². The number of guanidine groups is 1. The van der Waals surface area contributed by atoms with Gasteiger partial charge < -0.3 is 20.1 Å². The Kier molecular flexibility index (Phi) is 5.59. The smallest absolute Gasteiger partial charge is 0.231 e. The Balaban J connectivity index is 1.43. The highest BCUT2D eigenvalue weighted by atomic mass is 32.1. The van der Waals surface area contributed by atoms with E-state index in [9.17, 15) is 0 Å². The van der Waals surface area contributed by atoms with Crippen molar-refractivity contribution in [3.8, 4) is 11.5 Å². The summed E-state index contributed by atoms with van der Waals surface area (Å²) in [5.41, 5.74) is 2.58. The lowest BCUT2D eigenvalue weighted by Crippen LogP contribution is -2.39. The molecule has 0 amide bonds. The fourth-order valence-electron chi connectivity index (χ4n) is 2.57. The van der Waals surface area contributed by atoms with Crippen LogP contribution in [0, 0.1) is 0 Å². The number of aliphatic imine (C=N–C) groups is 1. The second-order valence-electron chi connectivity index (χ2n) is 5.78. The highest BCUT2D eigenvalue weighted by Gasteiger charge is 2.13. The lowest BCUT2D eigenvalue weighted by molar-refractivity contribution is 0.174. The minimum absolute atomic E-state index is 0.315. The Hall–Kier alpha value is -2.21. The van der Waals surface area contributed by atoms with Gasteiger partial charge in [-0.25, -0.2) is 0 Å². The van der Waals surface area contributed by atoms with Crippen LogP contribution in [0.15, 0.2) is 40.0 Å². The number of thiophene rings is 1. The predicted octanol–water partition coefficient (Wildman–Crippen LogP) is 2.99. The molecule has 24 heavy (non-hydrogen) atoms. The maximum atomic E-state index is 5.41. The van der Waals surface area contributed by atoms with Crippen molar-refractivity contribution in [3.63, 3.8) is 0 Å². The van der Waals surface area contributed by atoms with Crippen LogP contribution >= 0.6 is 11.3 Å². The first-order valence-electron chi connectivity index (χ1n) is 8.11. The Morgan fingerprint density at radius 1 is 1.25 bits per heavy atom. The quantitative estimate of drug-likeness (QED) is 0.624. The average Bonchev–Trinajstić information content (AvgIpc) is 3.28. The summed E-state index contributed by atoms with van der Waals surface area (Å²) in [5.74, 6) is 2.95. The fraction of sp³-hybridized carbons (Fsp3) is 0.389. The minimum Gasteiger partial charge on any atom is -0.454 e. The summed E-state index contributed by atoms with van der Waals surface area (Å²) < 4.78 is 10.7. The molecule has 1 aromatic heterocycles. The van der Waals surface area contributed by atoms with Gasteiger partial charge in [-0.2, -0.15) is 11.3 Å². The summed E-state index contributed by atoms with van der Waals surface area (Å²) in [6.07, 6.45) is 0.900. The minimum atomic E-state index is 0.315. The van der Waals surface area contributed by atoms with Gasteiger partial charge in [0.2, 0.25) is 6.79 Å². The van der Waals surface area contributed by atoms with Crippen molar-refractivity contribution < 1.29 is 9.47 Å². The topological polar surface area (TPSA) is 54.9 Å². The van der Waals surface area contributed by atoms with Gasteiger partial charge in [0.1, 0.15) is 0 Å². The molecule has 128 valence electrons. The van der Waals surface area contributed by atoms with Crippen molar-refractivity contribution in [2.45, 2.75) is 19.3 Å². The monoisotopic (exact) mass is 345 g/mol. The van der Waals surface area contributed by atoms with Crippen molar-refractivity contribution >= 4 is 17.3 Å². The van der Waals surface area contributed by atoms with Gasteiger partial charge in [0.15, 0.2) is 17.5 Å². The van der Waals surface area contributed by atoms with Gasteiger partial charge in [-0.05, 0) is 52.4 Å². The predicted molar refractivity (Wildman–Crippen MR) is 98.4 cm³/mol. The summed E-state index contributed by atoms with van der Waals surface area (Å²) in [5, 5.41) is 11.1. The van der Waals surface area contributed by atoms with Gasteiger partial charge >= 0.3 is 0 Å². The molecule has 1 aliphatic heterocycles. The molecule has 0 spiro atoms. The first-order valence-corrected chi connectivity index (χ1v) is 9.05. The Labute approximate surface area is 146 Å². The van der Waals surface area contributed by atoms with Crippen molar-refractivity contribution in [1.29, 1.82) is 0 Å². The molecule has 0 aliphatic carbocycles. The molecule has 6 heteroatoms. The molecule has 0 radical (unpaired) electrons. The van der Waals surface area contributed by atoms with E-state index in [0.717, 1.165) is 37.0 Å². The molecular weight excluding hydrogens is 322 g/mol. The molecule has 2 N–H and O–H groups in total. The van der Waals surface area contributed by atoms with Gasteiger partial charge in [-0.15, -0.1) is 0 Å². The van der Waals surface area contributed by atoms with Crippen LogP contribution < -0.4 is 20.1 Å². The van der Waals surface area contributed by atoms with Crippen LogP contribution in [0.5, 0.6) is 11.5 Å². The zero-order chi connectivity index (χ0) is 16.8. The number of ether oxygens (including phenoxy) is 2. The van der Waals surface area contributed by atoms with Crippen molar-refractivity contribution in [2.75, 3.05) is 26.9 Å². The molecule has 1 aliphatic rings. The average molecular weight is 345 g/mol. The SMILES string of the molecule is CN=C(NCCc1ccc2c(c1)OCO2)NCC(C)c1ccsc1. The van der Waals surface area contributed by atoms with Crippen LogP contribution in [0.3, 0.4) is 0 Å². The van der Waals surface area contributed by atoms with E-state index in [2.05, 4.69) is 45.4 Å². The number of hydrogen-bond donors (Lipinski definition) is 2. The maximum Gasteiger partial charge on any atom is 0.231 e. The van der Waals surface area contributed by atoms with E-state index in [1.807, 2.05) is 12.1 Å². The highest BCUT2D eigenvalue weighted by Crippen LogP contribution is 2.32. The lowest BCUT2D eigenvalue weighted by atomic mass is 10.1. The number of nitrogens with one attached hydrogen (secondary N) is 2. The van der Waals surface area contributed by atoms with Gasteiger partial charge in [0.05, 0.1) is 0 Å². The second-order valence-corrected chi connectivity index (χ2v) is 6.56. The maximum absolute atomic E-state index is 5.41. The summed E-state index contributed by atoms with van der Waals surface area (Å²) in [6.45, 7) is 4.21. The van der Waals surface area contributed by atoms with E-state index < -0.39 is 0 Å². The van der Waals surface area contributed by atoms with Gasteiger partial charge in [-0.3, -0.25) is 4.99 Å². The molecule has 1 aromatic carbocycles. The molecule has 2 aromatic rings. The van der Waals surface area contributed by atoms with Crippen LogP contribution in [0.1, 0.15) is 24.0 Å². The standard InChI is InChI=1S/C18H23N3O2S/c1-13(15-6-8-24-11-15)10-21-18(19-2)20-7-5-14-3-4-16-17(9-14)23-12-22-16/h3-4,6,8-9,11,13H,5,7,10,12H2,1-2H3,(H2,19,20,21). The van der Waals surface area contributed by atoms with Gasteiger partial charge in [-0.1, -0.05) is 13.0 Å². The first-order chi connectivity index (χ1) is 11.8. The third-order valence-corrected chi connectivity index (χ3v) is 4.76. The summed E-state index contributed by atoms with van der Waals surface area (Å²) >= 11 is 1.74. The lowest BCUT2D eigenvalue weighted by Gasteiger charge is -2.15. The van der Waals surface area contributed by atoms with Crippen molar-refractivity contribution in [1.82, 2.24) is 10.6 Å². The molecule has 2 heterocycles. The van der Waals surface area contributed by atoms with Gasteiger partial charge in [0, 0.05) is 20.1 Å². The number of nitrogens with zero attached hydrogens (tertiary/aromatic N) is 1. The van der Waals surface area contributed by atoms with E-state index in [4.69, 9.17) is 9.47 Å². The fourth-order valence-corrected chi connectivity index (χ4v) is 3.35. The van der Waals surface area contributed by atoms with Crippen LogP contribution in [-0.4, -0.2) is 32.9 Å². The van der Waals surface area contributed by atoms with Crippen molar-refractivity contribution in [3.05, 3.63) is 46.2 Å². The molecule has 0 saturated carbocycles. The highest BCUT2D eigenvalue weighted by molar-refractivity contribution is 7.07. The number of rotatable bonds is 6. The molecule has 0 saturated heterocycles. The second kappa shape index (κ2) is 8.06. The van der Waals surface area contributed by atoms with Crippen LogP contribution in [0.2, 0.25) is 0 Å². The molecule has 0 fully saturated rings. The summed E-state index contributed by atoms with van der Waals surface area (Å²) in [7, 11) is 1.80. The first kappa shape index (κ1) is 16.6. The van der Waals surface area contributed by atoms with Crippen LogP contribution in [0.4, 0.5) is 0 Å². The number of benzene rings is 1. The van der Waals surface area contributed by atoms with E-state index in [-0.39, 0.29) is 0 Å². The van der Waals surface area contributed by atoms with E-state index in [0.29, 0.717) is 12.7 Å². The molecule has 0 bridgehead atoms. The zero-order valence-electron chi connectivity index (χ0n) is 14.0. The summed E-state index contributed by atoms with van der Waals surface area (Å²) in [6, 6.07) is 8.25. The number of hydrogen-bond acceptors (Lipinski definition) is 4. The van der Waals surface area contributed by atoms with E-state index in [1.54, 1.807) is 18.4 Å². The molecule has 1 atom stereocenters. The zero-order valence-corrected chi connectivity index (χ0v) is 14.9. The normalized spacial score (nSPS) is 14.5.